The van der Waals surface area contributed by atoms with Gasteiger partial charge in [-0.05, 0) is 0 Å². The first kappa shape index (κ1) is 8.35. The van der Waals surface area contributed by atoms with Crippen LogP contribution < -0.4 is 5.32 Å². The van der Waals surface area contributed by atoms with Crippen molar-refractivity contribution in [2.75, 3.05) is 0 Å². The molecule has 1 amide bonds. The minimum atomic E-state index is -0.310. The number of carbonyl (C=O) groups is 1. The van der Waals surface area contributed by atoms with E-state index in [0.717, 1.165) is 0 Å². The molecule has 0 aromatic carbocycles. The first-order valence-corrected chi connectivity index (χ1v) is 3.84. The lowest BCUT2D eigenvalue weighted by Gasteiger charge is -1.97. The number of hydrogen-bond donors (Lipinski definition) is 3. The van der Waals surface area contributed by atoms with Crippen molar-refractivity contribution in [1.29, 1.82) is 0 Å². The fraction of sp³-hybridized carbons (Fsp3) is 0.167. The van der Waals surface area contributed by atoms with Gasteiger partial charge < -0.3 is 5.32 Å². The topological polar surface area (TPSA) is 112 Å². The van der Waals surface area contributed by atoms with E-state index in [9.17, 15) is 4.79 Å². The molecule has 2 heterocycles. The Kier molecular flexibility index (Phi) is 2.17. The van der Waals surface area contributed by atoms with E-state index in [1.807, 2.05) is 0 Å². The SMILES string of the molecule is O=C(NCc1ncn[nH]1)c1cn[nH]n1. The minimum absolute atomic E-state index is 0.240. The van der Waals surface area contributed by atoms with E-state index in [-0.39, 0.29) is 18.1 Å². The second kappa shape index (κ2) is 3.64. The molecule has 0 aliphatic heterocycles. The van der Waals surface area contributed by atoms with Crippen LogP contribution in [0.4, 0.5) is 0 Å². The molecule has 0 radical (unpaired) electrons. The molecule has 0 spiro atoms. The second-order valence-electron chi connectivity index (χ2n) is 2.47. The van der Waals surface area contributed by atoms with Gasteiger partial charge in [-0.2, -0.15) is 20.5 Å². The first-order valence-electron chi connectivity index (χ1n) is 3.84. The zero-order valence-corrected chi connectivity index (χ0v) is 7.06. The molecular formula is C6H7N7O. The lowest BCUT2D eigenvalue weighted by atomic mass is 10.4. The molecule has 2 aromatic rings. The van der Waals surface area contributed by atoms with Gasteiger partial charge >= 0.3 is 0 Å². The summed E-state index contributed by atoms with van der Waals surface area (Å²) in [6.07, 6.45) is 2.72. The van der Waals surface area contributed by atoms with Gasteiger partial charge in [-0.3, -0.25) is 9.89 Å². The molecule has 2 rings (SSSR count). The standard InChI is InChI=1S/C6H7N7O/c14-6(4-1-9-13-11-4)7-2-5-8-3-10-12-5/h1,3H,2H2,(H,7,14)(H,8,10,12)(H,9,11,13). The third kappa shape index (κ3) is 1.73. The molecule has 0 bridgehead atoms. The number of nitrogens with zero attached hydrogens (tertiary/aromatic N) is 4. The Bertz CT molecular complexity index is 392. The Labute approximate surface area is 78.1 Å². The van der Waals surface area contributed by atoms with Gasteiger partial charge in [-0.1, -0.05) is 0 Å². The number of hydrogen-bond acceptors (Lipinski definition) is 5. The monoisotopic (exact) mass is 193 g/mol. The van der Waals surface area contributed by atoms with Gasteiger partial charge in [-0.25, -0.2) is 4.98 Å². The number of carbonyl (C=O) groups excluding carboxylic acids is 1. The number of nitrogens with one attached hydrogen (secondary N) is 3. The summed E-state index contributed by atoms with van der Waals surface area (Å²) in [6.45, 7) is 0.283. The van der Waals surface area contributed by atoms with Crippen LogP contribution in [-0.4, -0.2) is 36.5 Å². The highest BCUT2D eigenvalue weighted by Crippen LogP contribution is 1.90. The Balaban J connectivity index is 1.90. The maximum atomic E-state index is 11.3. The van der Waals surface area contributed by atoms with Crippen molar-refractivity contribution in [2.24, 2.45) is 0 Å². The quantitative estimate of drug-likeness (QED) is 0.570. The fourth-order valence-corrected chi connectivity index (χ4v) is 0.882. The Morgan fingerprint density at radius 3 is 3.07 bits per heavy atom. The molecule has 0 unspecified atom stereocenters. The molecule has 0 fully saturated rings. The molecule has 8 nitrogen and oxygen atoms in total. The summed E-state index contributed by atoms with van der Waals surface area (Å²) in [5.41, 5.74) is 0.240. The molecule has 14 heavy (non-hydrogen) atoms. The molecule has 72 valence electrons. The predicted molar refractivity (Wildman–Crippen MR) is 43.9 cm³/mol. The van der Waals surface area contributed by atoms with Crippen molar-refractivity contribution in [3.05, 3.63) is 24.0 Å². The Morgan fingerprint density at radius 1 is 1.50 bits per heavy atom. The van der Waals surface area contributed by atoms with Crippen molar-refractivity contribution < 1.29 is 4.79 Å². The van der Waals surface area contributed by atoms with E-state index in [0.29, 0.717) is 5.82 Å². The second-order valence-corrected chi connectivity index (χ2v) is 2.47. The first-order chi connectivity index (χ1) is 6.86. The van der Waals surface area contributed by atoms with Gasteiger partial charge in [0.25, 0.3) is 5.91 Å². The summed E-state index contributed by atoms with van der Waals surface area (Å²) < 4.78 is 0. The van der Waals surface area contributed by atoms with Crippen LogP contribution in [0.2, 0.25) is 0 Å². The summed E-state index contributed by atoms with van der Waals surface area (Å²) >= 11 is 0. The molecule has 0 aliphatic carbocycles. The van der Waals surface area contributed by atoms with Crippen LogP contribution in [0.5, 0.6) is 0 Å². The average Bonchev–Trinajstić information content (AvgIpc) is 2.87. The van der Waals surface area contributed by atoms with Gasteiger partial charge in [0.15, 0.2) is 5.69 Å². The van der Waals surface area contributed by atoms with E-state index in [1.165, 1.54) is 12.5 Å². The summed E-state index contributed by atoms with van der Waals surface area (Å²) in [5.74, 6) is 0.275. The number of rotatable bonds is 3. The maximum Gasteiger partial charge on any atom is 0.273 e. The van der Waals surface area contributed by atoms with Crippen molar-refractivity contribution >= 4 is 5.91 Å². The molecule has 0 atom stereocenters. The van der Waals surface area contributed by atoms with Gasteiger partial charge in [-0.15, -0.1) is 0 Å². The molecule has 0 saturated carbocycles. The lowest BCUT2D eigenvalue weighted by molar-refractivity contribution is 0.0945. The van der Waals surface area contributed by atoms with Gasteiger partial charge in [0.1, 0.15) is 12.2 Å². The number of aromatic nitrogens is 6. The summed E-state index contributed by atoms with van der Waals surface area (Å²) in [4.78, 5) is 15.1. The molecule has 0 saturated heterocycles. The zero-order valence-electron chi connectivity index (χ0n) is 7.06. The smallest absolute Gasteiger partial charge is 0.273 e. The largest absolute Gasteiger partial charge is 0.343 e. The molecule has 0 aliphatic rings. The van der Waals surface area contributed by atoms with Crippen molar-refractivity contribution in [3.8, 4) is 0 Å². The van der Waals surface area contributed by atoms with Gasteiger partial charge in [0, 0.05) is 0 Å². The van der Waals surface area contributed by atoms with E-state index in [4.69, 9.17) is 0 Å². The van der Waals surface area contributed by atoms with Gasteiger partial charge in [0.05, 0.1) is 12.7 Å². The summed E-state index contributed by atoms with van der Waals surface area (Å²) in [6, 6.07) is 0. The van der Waals surface area contributed by atoms with Crippen LogP contribution in [0.3, 0.4) is 0 Å². The number of amides is 1. The Hall–Kier alpha value is -2.25. The maximum absolute atomic E-state index is 11.3. The van der Waals surface area contributed by atoms with Crippen LogP contribution in [0.1, 0.15) is 16.3 Å². The molecule has 3 N–H and O–H groups in total. The Morgan fingerprint density at radius 2 is 2.43 bits per heavy atom. The molecule has 8 heteroatoms. The zero-order chi connectivity index (χ0) is 9.80. The minimum Gasteiger partial charge on any atom is -0.343 e. The third-order valence-electron chi connectivity index (χ3n) is 1.53. The van der Waals surface area contributed by atoms with E-state index < -0.39 is 0 Å². The van der Waals surface area contributed by atoms with Crippen LogP contribution in [-0.2, 0) is 6.54 Å². The third-order valence-corrected chi connectivity index (χ3v) is 1.53. The predicted octanol–water partition coefficient (Wildman–Crippen LogP) is -1.15. The highest BCUT2D eigenvalue weighted by atomic mass is 16.1. The van der Waals surface area contributed by atoms with E-state index in [1.54, 1.807) is 0 Å². The van der Waals surface area contributed by atoms with Gasteiger partial charge in [0.2, 0.25) is 0 Å². The van der Waals surface area contributed by atoms with Crippen molar-refractivity contribution in [2.45, 2.75) is 6.54 Å². The van der Waals surface area contributed by atoms with E-state index in [2.05, 4.69) is 35.9 Å². The number of aromatic amines is 2. The summed E-state index contributed by atoms with van der Waals surface area (Å²) in [7, 11) is 0. The van der Waals surface area contributed by atoms with Crippen LogP contribution in [0, 0.1) is 0 Å². The molecular weight excluding hydrogens is 186 g/mol. The highest BCUT2D eigenvalue weighted by molar-refractivity contribution is 5.91. The lowest BCUT2D eigenvalue weighted by Crippen LogP contribution is -2.23. The summed E-state index contributed by atoms with van der Waals surface area (Å²) in [5, 5.41) is 18.3. The van der Waals surface area contributed by atoms with Crippen molar-refractivity contribution in [3.63, 3.8) is 0 Å². The van der Waals surface area contributed by atoms with Crippen LogP contribution in [0.15, 0.2) is 12.5 Å². The van der Waals surface area contributed by atoms with E-state index >= 15 is 0 Å². The average molecular weight is 193 g/mol. The fourth-order valence-electron chi connectivity index (χ4n) is 0.882. The molecule has 2 aromatic heterocycles. The van der Waals surface area contributed by atoms with Crippen LogP contribution in [0.25, 0.3) is 0 Å². The highest BCUT2D eigenvalue weighted by Gasteiger charge is 2.07. The van der Waals surface area contributed by atoms with Crippen LogP contribution >= 0.6 is 0 Å². The van der Waals surface area contributed by atoms with Crippen molar-refractivity contribution in [1.82, 2.24) is 35.9 Å². The number of H-pyrrole nitrogens is 2. The normalized spacial score (nSPS) is 10.0.